The second kappa shape index (κ2) is 7.51. The average molecular weight is 352 g/mol. The van der Waals surface area contributed by atoms with Gasteiger partial charge >= 0.3 is 0 Å². The Balaban J connectivity index is 1.52. The number of likely N-dealkylation sites (tertiary alicyclic amines) is 1. The van der Waals surface area contributed by atoms with E-state index < -0.39 is 0 Å². The van der Waals surface area contributed by atoms with Crippen molar-refractivity contribution in [2.24, 2.45) is 0 Å². The summed E-state index contributed by atoms with van der Waals surface area (Å²) in [5.41, 5.74) is 8.14. The molecule has 0 bridgehead atoms. The number of nitrogen functional groups attached to an aromatic ring is 1. The number of benzene rings is 1. The predicted molar refractivity (Wildman–Crippen MR) is 102 cm³/mol. The van der Waals surface area contributed by atoms with Crippen LogP contribution in [0.4, 0.5) is 11.4 Å². The van der Waals surface area contributed by atoms with Crippen LogP contribution in [0.25, 0.3) is 0 Å². The maximum Gasteiger partial charge on any atom is 0.0577 e. The fourth-order valence-electron chi connectivity index (χ4n) is 4.21. The molecule has 2 fully saturated rings. The first kappa shape index (κ1) is 17.8. The van der Waals surface area contributed by atoms with E-state index in [2.05, 4.69) is 17.1 Å². The third-order valence-corrected chi connectivity index (χ3v) is 6.21. The number of ether oxygens (including phenoxy) is 1. The lowest BCUT2D eigenvalue weighted by Gasteiger charge is -2.48. The zero-order chi connectivity index (χ0) is 17.2. The molecule has 1 aliphatic heterocycles. The summed E-state index contributed by atoms with van der Waals surface area (Å²) >= 11 is 5.98. The summed E-state index contributed by atoms with van der Waals surface area (Å²) < 4.78 is 5.53. The van der Waals surface area contributed by atoms with Crippen molar-refractivity contribution in [3.05, 3.63) is 23.2 Å². The van der Waals surface area contributed by atoms with Gasteiger partial charge in [0.1, 0.15) is 0 Å². The normalized spacial score (nSPS) is 29.5. The first-order valence-corrected chi connectivity index (χ1v) is 9.47. The maximum atomic E-state index is 6.06. The number of nitrogens with two attached hydrogens (primary N) is 1. The molecular weight excluding hydrogens is 322 g/mol. The van der Waals surface area contributed by atoms with Crippen LogP contribution < -0.4 is 11.1 Å². The lowest BCUT2D eigenvalue weighted by molar-refractivity contribution is -0.0105. The van der Waals surface area contributed by atoms with Crippen molar-refractivity contribution in [2.75, 3.05) is 31.2 Å². The molecular formula is C19H30ClN3O. The number of hydrogen-bond acceptors (Lipinski definition) is 4. The minimum atomic E-state index is 0.347. The van der Waals surface area contributed by atoms with E-state index in [0.29, 0.717) is 22.7 Å². The van der Waals surface area contributed by atoms with Crippen LogP contribution in [0.1, 0.15) is 45.4 Å². The fourth-order valence-corrected chi connectivity index (χ4v) is 4.39. The van der Waals surface area contributed by atoms with Gasteiger partial charge < -0.3 is 15.8 Å². The van der Waals surface area contributed by atoms with E-state index in [1.54, 1.807) is 0 Å². The van der Waals surface area contributed by atoms with E-state index in [1.165, 1.54) is 25.7 Å². The van der Waals surface area contributed by atoms with Crippen LogP contribution in [-0.2, 0) is 4.74 Å². The van der Waals surface area contributed by atoms with Crippen LogP contribution in [0.5, 0.6) is 0 Å². The number of nitrogens with one attached hydrogen (secondary N) is 1. The molecule has 5 heteroatoms. The minimum absolute atomic E-state index is 0.347. The highest BCUT2D eigenvalue weighted by Crippen LogP contribution is 2.36. The van der Waals surface area contributed by atoms with Gasteiger partial charge in [-0.25, -0.2) is 0 Å². The van der Waals surface area contributed by atoms with Crippen molar-refractivity contribution >= 4 is 23.0 Å². The zero-order valence-corrected chi connectivity index (χ0v) is 15.6. The standard InChI is InChI=1S/C19H30ClN3O/c1-19(9-5-16(24-2)6-10-19)23-11-7-15(8-12-23)22-18-4-3-14(20)13-17(18)21/h3-4,13,15-16,22H,5-12,21H2,1-2H3/t16-,19-. The highest BCUT2D eigenvalue weighted by Gasteiger charge is 2.37. The van der Waals surface area contributed by atoms with E-state index in [9.17, 15) is 0 Å². The van der Waals surface area contributed by atoms with E-state index in [1.807, 2.05) is 25.3 Å². The van der Waals surface area contributed by atoms with Gasteiger partial charge in [-0.1, -0.05) is 11.6 Å². The molecule has 1 saturated heterocycles. The van der Waals surface area contributed by atoms with E-state index >= 15 is 0 Å². The molecule has 0 unspecified atom stereocenters. The van der Waals surface area contributed by atoms with Crippen molar-refractivity contribution in [1.29, 1.82) is 0 Å². The second-order valence-electron chi connectivity index (χ2n) is 7.57. The Morgan fingerprint density at radius 3 is 2.46 bits per heavy atom. The number of piperidine rings is 1. The average Bonchev–Trinajstić information content (AvgIpc) is 2.59. The lowest BCUT2D eigenvalue weighted by atomic mass is 9.79. The smallest absolute Gasteiger partial charge is 0.0577 e. The van der Waals surface area contributed by atoms with E-state index in [0.717, 1.165) is 37.3 Å². The van der Waals surface area contributed by atoms with E-state index in [-0.39, 0.29) is 0 Å². The van der Waals surface area contributed by atoms with Crippen LogP contribution in [0.15, 0.2) is 18.2 Å². The topological polar surface area (TPSA) is 50.5 Å². The molecule has 0 spiro atoms. The molecule has 1 aromatic rings. The predicted octanol–water partition coefficient (Wildman–Crippen LogP) is 4.15. The van der Waals surface area contributed by atoms with Gasteiger partial charge in [0.05, 0.1) is 17.5 Å². The van der Waals surface area contributed by atoms with Crippen LogP contribution in [-0.4, -0.2) is 42.8 Å². The minimum Gasteiger partial charge on any atom is -0.397 e. The van der Waals surface area contributed by atoms with Gasteiger partial charge in [-0.3, -0.25) is 4.90 Å². The van der Waals surface area contributed by atoms with Crippen molar-refractivity contribution < 1.29 is 4.74 Å². The van der Waals surface area contributed by atoms with Gasteiger partial charge in [0, 0.05) is 36.8 Å². The molecule has 1 saturated carbocycles. The third-order valence-electron chi connectivity index (χ3n) is 5.97. The molecule has 4 nitrogen and oxygen atoms in total. The Morgan fingerprint density at radius 1 is 1.21 bits per heavy atom. The number of hydrogen-bond donors (Lipinski definition) is 2. The third kappa shape index (κ3) is 3.98. The summed E-state index contributed by atoms with van der Waals surface area (Å²) in [4.78, 5) is 2.70. The van der Waals surface area contributed by atoms with Crippen LogP contribution in [0, 0.1) is 0 Å². The lowest BCUT2D eigenvalue weighted by Crippen LogP contribution is -2.53. The summed E-state index contributed by atoms with van der Waals surface area (Å²) in [6.45, 7) is 4.74. The highest BCUT2D eigenvalue weighted by atomic mass is 35.5. The molecule has 0 aromatic heterocycles. The highest BCUT2D eigenvalue weighted by molar-refractivity contribution is 6.31. The number of rotatable bonds is 4. The van der Waals surface area contributed by atoms with Gasteiger partial charge in [0.2, 0.25) is 0 Å². The molecule has 1 aliphatic carbocycles. The van der Waals surface area contributed by atoms with Gasteiger partial charge in [0.15, 0.2) is 0 Å². The fraction of sp³-hybridized carbons (Fsp3) is 0.684. The second-order valence-corrected chi connectivity index (χ2v) is 8.01. The maximum absolute atomic E-state index is 6.06. The molecule has 134 valence electrons. The van der Waals surface area contributed by atoms with Gasteiger partial charge in [0.25, 0.3) is 0 Å². The van der Waals surface area contributed by atoms with Crippen LogP contribution in [0.3, 0.4) is 0 Å². The number of halogens is 1. The molecule has 0 amide bonds. The number of methoxy groups -OCH3 is 1. The van der Waals surface area contributed by atoms with Crippen molar-refractivity contribution in [1.82, 2.24) is 4.90 Å². The summed E-state index contributed by atoms with van der Waals surface area (Å²) in [7, 11) is 1.84. The molecule has 3 rings (SSSR count). The van der Waals surface area contributed by atoms with Crippen molar-refractivity contribution in [3.8, 4) is 0 Å². The molecule has 3 N–H and O–H groups in total. The summed E-state index contributed by atoms with van der Waals surface area (Å²) in [6, 6.07) is 6.18. The monoisotopic (exact) mass is 351 g/mol. The Morgan fingerprint density at radius 2 is 1.88 bits per heavy atom. The molecule has 1 aromatic carbocycles. The molecule has 1 heterocycles. The largest absolute Gasteiger partial charge is 0.397 e. The molecule has 24 heavy (non-hydrogen) atoms. The van der Waals surface area contributed by atoms with Gasteiger partial charge in [-0.05, 0) is 63.6 Å². The Hall–Kier alpha value is -0.970. The Bertz CT molecular complexity index is 550. The number of nitrogens with zero attached hydrogens (tertiary/aromatic N) is 1. The Kier molecular flexibility index (Phi) is 5.58. The zero-order valence-electron chi connectivity index (χ0n) is 14.9. The molecule has 2 aliphatic rings. The van der Waals surface area contributed by atoms with Crippen LogP contribution in [0.2, 0.25) is 5.02 Å². The van der Waals surface area contributed by atoms with E-state index in [4.69, 9.17) is 22.1 Å². The van der Waals surface area contributed by atoms with Gasteiger partial charge in [-0.2, -0.15) is 0 Å². The molecule has 0 radical (unpaired) electrons. The Labute approximate surface area is 150 Å². The molecule has 0 atom stereocenters. The van der Waals surface area contributed by atoms with Crippen molar-refractivity contribution in [3.63, 3.8) is 0 Å². The summed E-state index contributed by atoms with van der Waals surface area (Å²) in [5.74, 6) is 0. The van der Waals surface area contributed by atoms with Gasteiger partial charge in [-0.15, -0.1) is 0 Å². The van der Waals surface area contributed by atoms with Crippen molar-refractivity contribution in [2.45, 2.75) is 63.1 Å². The SMILES string of the molecule is CO[C@H]1CC[C@](C)(N2CCC(Nc3ccc(Cl)cc3N)CC2)CC1. The first-order chi connectivity index (χ1) is 11.5. The summed E-state index contributed by atoms with van der Waals surface area (Å²) in [5, 5.41) is 4.29. The quantitative estimate of drug-likeness (QED) is 0.800. The van der Waals surface area contributed by atoms with Crippen LogP contribution >= 0.6 is 11.6 Å². The number of anilines is 2. The first-order valence-electron chi connectivity index (χ1n) is 9.09. The summed E-state index contributed by atoms with van der Waals surface area (Å²) in [6.07, 6.45) is 7.64.